The minimum Gasteiger partial charge on any atom is -0.427 e. The lowest BCUT2D eigenvalue weighted by atomic mass is 9.83. The van der Waals surface area contributed by atoms with E-state index in [2.05, 4.69) is 10.2 Å². The fourth-order valence-electron chi connectivity index (χ4n) is 2.89. The molecule has 3 N–H and O–H groups in total. The van der Waals surface area contributed by atoms with Crippen LogP contribution in [0, 0.1) is 0 Å². The summed E-state index contributed by atoms with van der Waals surface area (Å²) in [4.78, 5) is 18.8. The first-order chi connectivity index (χ1) is 10.6. The number of rotatable bonds is 10. The number of unbranched alkanes of at least 4 members (excludes halogenated alkanes) is 1. The molecule has 1 heterocycles. The van der Waals surface area contributed by atoms with E-state index in [9.17, 15) is 0 Å². The third-order valence-electron chi connectivity index (χ3n) is 4.15. The van der Waals surface area contributed by atoms with Gasteiger partial charge < -0.3 is 20.3 Å². The average Bonchev–Trinajstić information content (AvgIpc) is 2.51. The Labute approximate surface area is 134 Å². The second-order valence-electron chi connectivity index (χ2n) is 5.88. The van der Waals surface area contributed by atoms with E-state index in [-0.39, 0.29) is 6.15 Å². The topological polar surface area (TPSA) is 89.9 Å². The fourth-order valence-corrected chi connectivity index (χ4v) is 2.89. The number of hydrogen-bond donors (Lipinski definition) is 3. The molecule has 0 aliphatic carbocycles. The van der Waals surface area contributed by atoms with E-state index < -0.39 is 7.12 Å². The molecular formula is C15H31BN2O4. The minimum absolute atomic E-state index is 0.250. The van der Waals surface area contributed by atoms with Gasteiger partial charge in [0.15, 0.2) is 0 Å². The van der Waals surface area contributed by atoms with Crippen molar-refractivity contribution in [2.45, 2.75) is 63.7 Å². The largest absolute Gasteiger partial charge is 0.451 e. The number of hydrogen-bond acceptors (Lipinski definition) is 6. The van der Waals surface area contributed by atoms with Crippen molar-refractivity contribution < 1.29 is 19.6 Å². The maximum absolute atomic E-state index is 8.79. The second kappa shape index (κ2) is 15.2. The molecule has 0 saturated carbocycles. The predicted molar refractivity (Wildman–Crippen MR) is 86.2 cm³/mol. The number of piperidine rings is 1. The number of carbonyl (C=O) groups excluding carboxylic acids is 2. The summed E-state index contributed by atoms with van der Waals surface area (Å²) < 4.78 is 0. The van der Waals surface area contributed by atoms with Crippen LogP contribution < -0.4 is 5.32 Å². The molecule has 0 aromatic rings. The molecule has 0 spiro atoms. The summed E-state index contributed by atoms with van der Waals surface area (Å²) in [6.07, 6.45) is 10.5. The Bertz CT molecular complexity index is 281. The van der Waals surface area contributed by atoms with Gasteiger partial charge in [0.05, 0.1) is 0 Å². The zero-order chi connectivity index (χ0) is 16.6. The molecule has 1 saturated heterocycles. The van der Waals surface area contributed by atoms with E-state index in [4.69, 9.17) is 19.6 Å². The van der Waals surface area contributed by atoms with E-state index in [1.54, 1.807) is 0 Å². The zero-order valence-corrected chi connectivity index (χ0v) is 13.8. The SMILES string of the molecule is CNC(CCCCB(O)O)CCCN1CCCCC1.O=C=O. The molecule has 0 radical (unpaired) electrons. The van der Waals surface area contributed by atoms with Gasteiger partial charge in [0.2, 0.25) is 0 Å². The third kappa shape index (κ3) is 13.0. The monoisotopic (exact) mass is 314 g/mol. The van der Waals surface area contributed by atoms with Gasteiger partial charge in [-0.1, -0.05) is 19.3 Å². The van der Waals surface area contributed by atoms with Crippen molar-refractivity contribution in [3.63, 3.8) is 0 Å². The molecule has 0 aromatic carbocycles. The summed E-state index contributed by atoms with van der Waals surface area (Å²) in [5, 5.41) is 21.0. The molecule has 1 aliphatic rings. The Morgan fingerprint density at radius 2 is 1.68 bits per heavy atom. The summed E-state index contributed by atoms with van der Waals surface area (Å²) in [7, 11) is 0.902. The van der Waals surface area contributed by atoms with E-state index >= 15 is 0 Å². The lowest BCUT2D eigenvalue weighted by molar-refractivity contribution is -0.191. The first kappa shape index (κ1) is 21.3. The molecular weight excluding hydrogens is 283 g/mol. The smallest absolute Gasteiger partial charge is 0.427 e. The van der Waals surface area contributed by atoms with Gasteiger partial charge in [-0.05, 0) is 65.1 Å². The highest BCUT2D eigenvalue weighted by atomic mass is 16.4. The molecule has 0 bridgehead atoms. The first-order valence-corrected chi connectivity index (χ1v) is 8.39. The van der Waals surface area contributed by atoms with Gasteiger partial charge in [-0.2, -0.15) is 9.59 Å². The van der Waals surface area contributed by atoms with E-state index in [0.717, 1.165) is 19.3 Å². The van der Waals surface area contributed by atoms with Gasteiger partial charge in [0.25, 0.3) is 0 Å². The van der Waals surface area contributed by atoms with Crippen molar-refractivity contribution in [1.29, 1.82) is 0 Å². The van der Waals surface area contributed by atoms with Crippen LogP contribution in [-0.2, 0) is 9.59 Å². The highest BCUT2D eigenvalue weighted by Crippen LogP contribution is 2.12. The van der Waals surface area contributed by atoms with Gasteiger partial charge in [-0.3, -0.25) is 0 Å². The Morgan fingerprint density at radius 3 is 2.23 bits per heavy atom. The van der Waals surface area contributed by atoms with Crippen molar-refractivity contribution >= 4 is 13.3 Å². The lowest BCUT2D eigenvalue weighted by Crippen LogP contribution is -2.32. The fraction of sp³-hybridized carbons (Fsp3) is 0.933. The molecule has 0 amide bonds. The molecule has 1 fully saturated rings. The van der Waals surface area contributed by atoms with Crippen LogP contribution in [0.25, 0.3) is 0 Å². The van der Waals surface area contributed by atoms with Crippen molar-refractivity contribution in [1.82, 2.24) is 10.2 Å². The van der Waals surface area contributed by atoms with Crippen molar-refractivity contribution in [3.05, 3.63) is 0 Å². The predicted octanol–water partition coefficient (Wildman–Crippen LogP) is 0.900. The average molecular weight is 314 g/mol. The van der Waals surface area contributed by atoms with Crippen molar-refractivity contribution in [3.8, 4) is 0 Å². The second-order valence-corrected chi connectivity index (χ2v) is 5.88. The van der Waals surface area contributed by atoms with Crippen LogP contribution in [0.3, 0.4) is 0 Å². The first-order valence-electron chi connectivity index (χ1n) is 8.39. The Morgan fingerprint density at radius 1 is 1.09 bits per heavy atom. The van der Waals surface area contributed by atoms with Gasteiger partial charge in [0.1, 0.15) is 0 Å². The quantitative estimate of drug-likeness (QED) is 0.410. The molecule has 7 heteroatoms. The minimum atomic E-state index is -1.13. The molecule has 22 heavy (non-hydrogen) atoms. The number of nitrogens with one attached hydrogen (secondary N) is 1. The number of nitrogens with zero attached hydrogens (tertiary/aromatic N) is 1. The zero-order valence-electron chi connectivity index (χ0n) is 13.8. The summed E-state index contributed by atoms with van der Waals surface area (Å²) in [5.74, 6) is 0. The number of likely N-dealkylation sites (tertiary alicyclic amines) is 1. The van der Waals surface area contributed by atoms with Crippen LogP contribution in [0.15, 0.2) is 0 Å². The molecule has 1 rings (SSSR count). The normalized spacial score (nSPS) is 16.3. The van der Waals surface area contributed by atoms with Crippen molar-refractivity contribution in [2.75, 3.05) is 26.7 Å². The third-order valence-corrected chi connectivity index (χ3v) is 4.15. The van der Waals surface area contributed by atoms with Crippen LogP contribution in [0.5, 0.6) is 0 Å². The highest BCUT2D eigenvalue weighted by Gasteiger charge is 2.12. The Kier molecular flexibility index (Phi) is 14.7. The van der Waals surface area contributed by atoms with Gasteiger partial charge in [-0.25, -0.2) is 0 Å². The molecule has 1 unspecified atom stereocenters. The maximum atomic E-state index is 8.79. The van der Waals surface area contributed by atoms with Crippen molar-refractivity contribution in [2.24, 2.45) is 0 Å². The maximum Gasteiger partial charge on any atom is 0.451 e. The Balaban J connectivity index is 0.00000135. The molecule has 1 atom stereocenters. The molecule has 128 valence electrons. The van der Waals surface area contributed by atoms with Crippen LogP contribution in [0.4, 0.5) is 0 Å². The van der Waals surface area contributed by atoms with Crippen LogP contribution in [0.1, 0.15) is 51.4 Å². The van der Waals surface area contributed by atoms with Gasteiger partial charge in [0, 0.05) is 6.04 Å². The van der Waals surface area contributed by atoms with Gasteiger partial charge >= 0.3 is 13.3 Å². The molecule has 6 nitrogen and oxygen atoms in total. The van der Waals surface area contributed by atoms with Crippen LogP contribution in [-0.4, -0.2) is 60.9 Å². The van der Waals surface area contributed by atoms with Crippen LogP contribution >= 0.6 is 0 Å². The standard InChI is InChI=1S/C14H31BN2O2.CO2/c1-16-14(8-3-4-10-15(18)19)9-7-13-17-11-5-2-6-12-17;2-1-3/h14,16,18-19H,2-13H2,1H3;. The van der Waals surface area contributed by atoms with E-state index in [1.165, 1.54) is 51.7 Å². The summed E-state index contributed by atoms with van der Waals surface area (Å²) in [5.41, 5.74) is 0. The van der Waals surface area contributed by atoms with E-state index in [0.29, 0.717) is 12.4 Å². The highest BCUT2D eigenvalue weighted by molar-refractivity contribution is 6.40. The van der Waals surface area contributed by atoms with Gasteiger partial charge in [-0.15, -0.1) is 0 Å². The van der Waals surface area contributed by atoms with E-state index in [1.807, 2.05) is 7.05 Å². The van der Waals surface area contributed by atoms with Crippen LogP contribution in [0.2, 0.25) is 6.32 Å². The summed E-state index contributed by atoms with van der Waals surface area (Å²) >= 11 is 0. The Hall–Kier alpha value is -0.715. The molecule has 1 aliphatic heterocycles. The lowest BCUT2D eigenvalue weighted by Gasteiger charge is -2.27. The summed E-state index contributed by atoms with van der Waals surface area (Å²) in [6.45, 7) is 3.82. The molecule has 0 aromatic heterocycles. The summed E-state index contributed by atoms with van der Waals surface area (Å²) in [6, 6.07) is 0.584.